The molecule has 1 fully saturated rings. The maximum absolute atomic E-state index is 10.0. The molecule has 6 heteroatoms. The summed E-state index contributed by atoms with van der Waals surface area (Å²) in [4.78, 5) is 19.7. The van der Waals surface area contributed by atoms with Crippen LogP contribution in [0.2, 0.25) is 0 Å². The van der Waals surface area contributed by atoms with Gasteiger partial charge in [-0.15, -0.1) is 0 Å². The lowest BCUT2D eigenvalue weighted by molar-refractivity contribution is -0.157. The third kappa shape index (κ3) is 8.77. The minimum absolute atomic E-state index is 0. The number of ether oxygens (including phenoxy) is 1. The zero-order valence-corrected chi connectivity index (χ0v) is 6.58. The van der Waals surface area contributed by atoms with Gasteiger partial charge in [-0.3, -0.25) is 15.0 Å². The molecule has 1 aliphatic rings. The minimum Gasteiger partial charge on any atom is -0.465 e. The zero-order chi connectivity index (χ0) is 9.40. The molecular formula is C7H16N2O4. The van der Waals surface area contributed by atoms with E-state index >= 15 is 0 Å². The summed E-state index contributed by atoms with van der Waals surface area (Å²) in [5.74, 6) is 4.24. The van der Waals surface area contributed by atoms with E-state index in [9.17, 15) is 9.59 Å². The molecule has 0 unspecified atom stereocenters. The average molecular weight is 192 g/mol. The van der Waals surface area contributed by atoms with Crippen LogP contribution in [0, 0.1) is 0 Å². The van der Waals surface area contributed by atoms with Gasteiger partial charge in [0.2, 0.25) is 5.91 Å². The fraction of sp³-hybridized carbons (Fsp3) is 0.714. The van der Waals surface area contributed by atoms with Gasteiger partial charge < -0.3 is 9.84 Å². The molecule has 1 amide bonds. The molecule has 0 aliphatic carbocycles. The number of nitrogens with two attached hydrogens (primary N) is 1. The fourth-order valence-electron chi connectivity index (χ4n) is 0.359. The first-order chi connectivity index (χ1) is 5.70. The predicted molar refractivity (Wildman–Crippen MR) is 46.3 cm³/mol. The number of aliphatic hydroxyl groups excluding tert-OH is 1. The molecule has 0 bridgehead atoms. The maximum atomic E-state index is 10.0. The van der Waals surface area contributed by atoms with E-state index in [4.69, 9.17) is 5.11 Å². The van der Waals surface area contributed by atoms with Gasteiger partial charge in [-0.05, 0) is 0 Å². The van der Waals surface area contributed by atoms with Crippen molar-refractivity contribution in [3.05, 3.63) is 0 Å². The standard InChI is InChI=1S/C3H8N2O2.C3H4O2.CH4/c4-5-3(7)1-2-6;4-3-1-2-5-3;/h6H,1-2,4H2,(H,5,7);1-2H2;1H4. The number of amides is 1. The highest BCUT2D eigenvalue weighted by atomic mass is 16.6. The first kappa shape index (κ1) is 14.4. The number of hydrogen-bond donors (Lipinski definition) is 3. The smallest absolute Gasteiger partial charge is 0.309 e. The molecule has 0 aromatic rings. The molecule has 1 aliphatic heterocycles. The first-order valence-electron chi connectivity index (χ1n) is 3.46. The van der Waals surface area contributed by atoms with Crippen molar-refractivity contribution in [1.82, 2.24) is 5.43 Å². The molecular weight excluding hydrogens is 176 g/mol. The molecule has 0 atom stereocenters. The summed E-state index contributed by atoms with van der Waals surface area (Å²) < 4.78 is 4.29. The molecule has 78 valence electrons. The second-order valence-electron chi connectivity index (χ2n) is 2.01. The van der Waals surface area contributed by atoms with E-state index in [1.165, 1.54) is 0 Å². The van der Waals surface area contributed by atoms with Crippen LogP contribution >= 0.6 is 0 Å². The third-order valence-corrected chi connectivity index (χ3v) is 1.07. The van der Waals surface area contributed by atoms with Gasteiger partial charge in [0.1, 0.15) is 6.61 Å². The zero-order valence-electron chi connectivity index (χ0n) is 6.58. The van der Waals surface area contributed by atoms with Crippen molar-refractivity contribution < 1.29 is 19.4 Å². The van der Waals surface area contributed by atoms with E-state index in [1.54, 1.807) is 0 Å². The van der Waals surface area contributed by atoms with E-state index in [2.05, 4.69) is 10.6 Å². The summed E-state index contributed by atoms with van der Waals surface area (Å²) in [5, 5.41) is 8.05. The molecule has 1 rings (SSSR count). The number of rotatable bonds is 2. The van der Waals surface area contributed by atoms with Crippen molar-refractivity contribution in [2.45, 2.75) is 20.3 Å². The summed E-state index contributed by atoms with van der Waals surface area (Å²) in [6.07, 6.45) is 0.705. The first-order valence-corrected chi connectivity index (χ1v) is 3.46. The molecule has 1 heterocycles. The van der Waals surface area contributed by atoms with Gasteiger partial charge in [0.25, 0.3) is 0 Å². The van der Waals surface area contributed by atoms with Crippen LogP contribution in [0.25, 0.3) is 0 Å². The van der Waals surface area contributed by atoms with Gasteiger partial charge in [-0.25, -0.2) is 5.84 Å². The highest BCUT2D eigenvalue weighted by molar-refractivity contribution is 5.75. The Morgan fingerprint density at radius 3 is 2.23 bits per heavy atom. The van der Waals surface area contributed by atoms with Gasteiger partial charge >= 0.3 is 5.97 Å². The fourth-order valence-corrected chi connectivity index (χ4v) is 0.359. The molecule has 0 saturated carbocycles. The maximum Gasteiger partial charge on any atom is 0.309 e. The lowest BCUT2D eigenvalue weighted by atomic mass is 10.4. The number of cyclic esters (lactones) is 1. The Labute approximate surface area is 77.0 Å². The number of aliphatic hydroxyl groups is 1. The van der Waals surface area contributed by atoms with Crippen LogP contribution in [0.4, 0.5) is 0 Å². The number of nitrogens with one attached hydrogen (secondary N) is 1. The Morgan fingerprint density at radius 1 is 1.69 bits per heavy atom. The molecule has 4 N–H and O–H groups in total. The monoisotopic (exact) mass is 192 g/mol. The summed E-state index contributed by atoms with van der Waals surface area (Å²) in [6, 6.07) is 0. The van der Waals surface area contributed by atoms with Crippen molar-refractivity contribution in [3.8, 4) is 0 Å². The largest absolute Gasteiger partial charge is 0.465 e. The van der Waals surface area contributed by atoms with Crippen LogP contribution in [0.5, 0.6) is 0 Å². The van der Waals surface area contributed by atoms with E-state index in [1.807, 2.05) is 5.43 Å². The second-order valence-corrected chi connectivity index (χ2v) is 2.01. The van der Waals surface area contributed by atoms with E-state index < -0.39 is 0 Å². The summed E-state index contributed by atoms with van der Waals surface area (Å²) >= 11 is 0. The highest BCUT2D eigenvalue weighted by Crippen LogP contribution is 1.97. The van der Waals surface area contributed by atoms with E-state index in [0.717, 1.165) is 0 Å². The van der Waals surface area contributed by atoms with Gasteiger partial charge in [0.05, 0.1) is 19.4 Å². The Hall–Kier alpha value is -1.14. The predicted octanol–water partition coefficient (Wildman–Crippen LogP) is -1.07. The molecule has 13 heavy (non-hydrogen) atoms. The van der Waals surface area contributed by atoms with Crippen LogP contribution in [-0.2, 0) is 14.3 Å². The molecule has 0 radical (unpaired) electrons. The van der Waals surface area contributed by atoms with Crippen molar-refractivity contribution in [1.29, 1.82) is 0 Å². The summed E-state index contributed by atoms with van der Waals surface area (Å²) in [7, 11) is 0. The van der Waals surface area contributed by atoms with Crippen LogP contribution in [0.3, 0.4) is 0 Å². The third-order valence-electron chi connectivity index (χ3n) is 1.07. The van der Waals surface area contributed by atoms with Crippen molar-refractivity contribution in [3.63, 3.8) is 0 Å². The second kappa shape index (κ2) is 8.95. The van der Waals surface area contributed by atoms with Crippen LogP contribution in [-0.4, -0.2) is 30.2 Å². The Morgan fingerprint density at radius 2 is 2.15 bits per heavy atom. The lowest BCUT2D eigenvalue weighted by Crippen LogP contribution is -2.30. The number of carbonyl (C=O) groups excluding carboxylic acids is 2. The Bertz CT molecular complexity index is 155. The summed E-state index contributed by atoms with van der Waals surface area (Å²) in [6.45, 7) is 0.488. The van der Waals surface area contributed by atoms with Gasteiger partial charge in [-0.1, -0.05) is 7.43 Å². The van der Waals surface area contributed by atoms with E-state index in [0.29, 0.717) is 13.0 Å². The molecule has 6 nitrogen and oxygen atoms in total. The Kier molecular flexibility index (Phi) is 9.91. The number of hydrogen-bond acceptors (Lipinski definition) is 5. The van der Waals surface area contributed by atoms with Crippen LogP contribution in [0.15, 0.2) is 0 Å². The van der Waals surface area contributed by atoms with Crippen LogP contribution < -0.4 is 11.3 Å². The highest BCUT2D eigenvalue weighted by Gasteiger charge is 2.10. The van der Waals surface area contributed by atoms with Gasteiger partial charge in [-0.2, -0.15) is 0 Å². The van der Waals surface area contributed by atoms with Gasteiger partial charge in [0.15, 0.2) is 0 Å². The average Bonchev–Trinajstić information content (AvgIpc) is 2.02. The molecule has 0 spiro atoms. The SMILES string of the molecule is C.NNC(=O)CCO.O=C1CCO1. The van der Waals surface area contributed by atoms with Crippen LogP contribution in [0.1, 0.15) is 20.3 Å². The van der Waals surface area contributed by atoms with Crippen molar-refractivity contribution >= 4 is 11.9 Å². The van der Waals surface area contributed by atoms with Crippen molar-refractivity contribution in [2.24, 2.45) is 5.84 Å². The quantitative estimate of drug-likeness (QED) is 0.224. The number of esters is 1. The molecule has 0 aromatic heterocycles. The van der Waals surface area contributed by atoms with Crippen molar-refractivity contribution in [2.75, 3.05) is 13.2 Å². The van der Waals surface area contributed by atoms with E-state index in [-0.39, 0.29) is 32.3 Å². The lowest BCUT2D eigenvalue weighted by Gasteiger charge is -2.09. The minimum atomic E-state index is -0.345. The molecule has 1 saturated heterocycles. The number of carbonyl (C=O) groups is 2. The molecule has 0 aromatic carbocycles. The van der Waals surface area contributed by atoms with Gasteiger partial charge in [0, 0.05) is 0 Å². The summed E-state index contributed by atoms with van der Waals surface area (Å²) in [5.41, 5.74) is 1.87. The Balaban J connectivity index is 0. The number of hydrazine groups is 1. The topological polar surface area (TPSA) is 102 Å². The normalized spacial score (nSPS) is 12.3.